The van der Waals surface area contributed by atoms with E-state index in [4.69, 9.17) is 14.2 Å². The number of hydrogen-bond acceptors (Lipinski definition) is 6. The number of alkyl carbamates (subject to hydrolysis) is 1. The second-order valence-electron chi connectivity index (χ2n) is 7.72. The summed E-state index contributed by atoms with van der Waals surface area (Å²) >= 11 is 0. The number of hydrogen-bond donors (Lipinski definition) is 1. The quantitative estimate of drug-likeness (QED) is 0.382. The third-order valence-corrected chi connectivity index (χ3v) is 3.85. The van der Waals surface area contributed by atoms with Crippen molar-refractivity contribution in [2.45, 2.75) is 59.3 Å². The molecule has 1 aromatic rings. The fraction of sp³-hybridized carbons (Fsp3) is 0.500. The molecule has 0 aliphatic heterocycles. The molecule has 0 fully saturated rings. The minimum absolute atomic E-state index is 0.0671. The SMILES string of the molecule is C=C(C[C@@H](C)[C@H](NC(=O)OCc1ccccc1)C(=O)OC(C)(C)C)C(=O)OCC. The highest BCUT2D eigenvalue weighted by Crippen LogP contribution is 2.19. The molecule has 0 radical (unpaired) electrons. The maximum absolute atomic E-state index is 12.6. The van der Waals surface area contributed by atoms with Crippen LogP contribution in [0, 0.1) is 5.92 Å². The molecule has 1 amide bonds. The molecular weight excluding hydrogens is 374 g/mol. The van der Waals surface area contributed by atoms with Crippen LogP contribution in [0.3, 0.4) is 0 Å². The highest BCUT2D eigenvalue weighted by atomic mass is 16.6. The number of esters is 2. The summed E-state index contributed by atoms with van der Waals surface area (Å²) in [5.41, 5.74) is 0.301. The average Bonchev–Trinajstić information content (AvgIpc) is 2.63. The molecule has 0 bridgehead atoms. The van der Waals surface area contributed by atoms with E-state index in [1.807, 2.05) is 30.3 Å². The normalized spacial score (nSPS) is 13.0. The van der Waals surface area contributed by atoms with Gasteiger partial charge < -0.3 is 19.5 Å². The number of carbonyl (C=O) groups excluding carboxylic acids is 3. The van der Waals surface area contributed by atoms with Crippen LogP contribution in [-0.2, 0) is 30.4 Å². The molecule has 1 N–H and O–H groups in total. The maximum Gasteiger partial charge on any atom is 0.408 e. The molecule has 7 heteroatoms. The van der Waals surface area contributed by atoms with Crippen molar-refractivity contribution in [3.63, 3.8) is 0 Å². The van der Waals surface area contributed by atoms with E-state index in [0.29, 0.717) is 0 Å². The van der Waals surface area contributed by atoms with E-state index in [2.05, 4.69) is 11.9 Å². The van der Waals surface area contributed by atoms with Crippen LogP contribution in [0.1, 0.15) is 46.6 Å². The van der Waals surface area contributed by atoms with Gasteiger partial charge in [-0.05, 0) is 45.6 Å². The van der Waals surface area contributed by atoms with Crippen LogP contribution < -0.4 is 5.32 Å². The van der Waals surface area contributed by atoms with Crippen molar-refractivity contribution in [2.24, 2.45) is 5.92 Å². The van der Waals surface area contributed by atoms with E-state index in [0.717, 1.165) is 5.56 Å². The highest BCUT2D eigenvalue weighted by molar-refractivity contribution is 5.88. The van der Waals surface area contributed by atoms with Gasteiger partial charge in [-0.25, -0.2) is 14.4 Å². The van der Waals surface area contributed by atoms with Crippen LogP contribution in [0.4, 0.5) is 4.79 Å². The highest BCUT2D eigenvalue weighted by Gasteiger charge is 2.32. The zero-order valence-electron chi connectivity index (χ0n) is 17.8. The Kier molecular flexibility index (Phi) is 9.38. The van der Waals surface area contributed by atoms with Gasteiger partial charge in [-0.2, -0.15) is 0 Å². The van der Waals surface area contributed by atoms with Crippen molar-refractivity contribution in [1.82, 2.24) is 5.32 Å². The molecule has 0 aromatic heterocycles. The van der Waals surface area contributed by atoms with Crippen LogP contribution in [0.25, 0.3) is 0 Å². The predicted octanol–water partition coefficient (Wildman–Crippen LogP) is 3.77. The molecule has 0 heterocycles. The standard InChI is InChI=1S/C22H31NO6/c1-7-27-19(24)16(3)13-15(2)18(20(25)29-22(4,5)6)23-21(26)28-14-17-11-9-8-10-12-17/h8-12,15,18H,3,7,13-14H2,1-2,4-6H3,(H,23,26)/t15-,18+/m1/s1. The van der Waals surface area contributed by atoms with Gasteiger partial charge in [-0.1, -0.05) is 43.8 Å². The van der Waals surface area contributed by atoms with E-state index in [-0.39, 0.29) is 25.2 Å². The topological polar surface area (TPSA) is 90.9 Å². The molecular formula is C22H31NO6. The summed E-state index contributed by atoms with van der Waals surface area (Å²) in [6, 6.07) is 8.17. The van der Waals surface area contributed by atoms with Gasteiger partial charge in [0.15, 0.2) is 0 Å². The minimum Gasteiger partial charge on any atom is -0.463 e. The molecule has 1 aromatic carbocycles. The first-order valence-corrected chi connectivity index (χ1v) is 9.58. The Morgan fingerprint density at radius 2 is 1.72 bits per heavy atom. The van der Waals surface area contributed by atoms with Crippen LogP contribution in [0.2, 0.25) is 0 Å². The summed E-state index contributed by atoms with van der Waals surface area (Å²) in [6.07, 6.45) is -0.597. The van der Waals surface area contributed by atoms with E-state index in [1.165, 1.54) is 0 Å². The molecule has 1 rings (SSSR count). The van der Waals surface area contributed by atoms with Crippen molar-refractivity contribution in [1.29, 1.82) is 0 Å². The molecule has 0 aliphatic rings. The van der Waals surface area contributed by atoms with Gasteiger partial charge in [0.2, 0.25) is 0 Å². The molecule has 0 spiro atoms. The second-order valence-corrected chi connectivity index (χ2v) is 7.72. The van der Waals surface area contributed by atoms with E-state index in [9.17, 15) is 14.4 Å². The summed E-state index contributed by atoms with van der Waals surface area (Å²) in [7, 11) is 0. The lowest BCUT2D eigenvalue weighted by atomic mass is 9.94. The van der Waals surface area contributed by atoms with Crippen LogP contribution in [-0.4, -0.2) is 36.3 Å². The van der Waals surface area contributed by atoms with Crippen LogP contribution >= 0.6 is 0 Å². The van der Waals surface area contributed by atoms with Crippen molar-refractivity contribution >= 4 is 18.0 Å². The summed E-state index contributed by atoms with van der Waals surface area (Å²) < 4.78 is 15.6. The molecule has 0 saturated carbocycles. The van der Waals surface area contributed by atoms with Crippen molar-refractivity contribution in [3.05, 3.63) is 48.0 Å². The first-order chi connectivity index (χ1) is 13.5. The third kappa shape index (κ3) is 9.27. The zero-order valence-corrected chi connectivity index (χ0v) is 17.8. The van der Waals surface area contributed by atoms with Crippen molar-refractivity contribution in [2.75, 3.05) is 6.61 Å². The smallest absolute Gasteiger partial charge is 0.408 e. The van der Waals surface area contributed by atoms with Gasteiger partial charge >= 0.3 is 18.0 Å². The average molecular weight is 405 g/mol. The Labute approximate surface area is 172 Å². The van der Waals surface area contributed by atoms with Crippen LogP contribution in [0.15, 0.2) is 42.5 Å². The Bertz CT molecular complexity index is 708. The second kappa shape index (κ2) is 11.2. The van der Waals surface area contributed by atoms with E-state index in [1.54, 1.807) is 34.6 Å². The first kappa shape index (κ1) is 24.2. The van der Waals surface area contributed by atoms with E-state index < -0.39 is 35.6 Å². The number of carbonyl (C=O) groups is 3. The Morgan fingerprint density at radius 3 is 2.28 bits per heavy atom. The van der Waals surface area contributed by atoms with Gasteiger partial charge in [0, 0.05) is 5.57 Å². The Balaban J connectivity index is 2.81. The van der Waals surface area contributed by atoms with Gasteiger partial charge in [0.05, 0.1) is 6.61 Å². The Hall–Kier alpha value is -2.83. The monoisotopic (exact) mass is 405 g/mol. The largest absolute Gasteiger partial charge is 0.463 e. The van der Waals surface area contributed by atoms with E-state index >= 15 is 0 Å². The number of ether oxygens (including phenoxy) is 3. The van der Waals surface area contributed by atoms with Gasteiger partial charge in [-0.3, -0.25) is 0 Å². The predicted molar refractivity (Wildman–Crippen MR) is 109 cm³/mol. The molecule has 29 heavy (non-hydrogen) atoms. The summed E-state index contributed by atoms with van der Waals surface area (Å²) in [5, 5.41) is 2.56. The lowest BCUT2D eigenvalue weighted by Crippen LogP contribution is -2.48. The van der Waals surface area contributed by atoms with Crippen molar-refractivity contribution < 1.29 is 28.6 Å². The molecule has 2 atom stereocenters. The summed E-state index contributed by atoms with van der Waals surface area (Å²) in [4.78, 5) is 36.7. The fourth-order valence-corrected chi connectivity index (χ4v) is 2.51. The molecule has 0 aliphatic carbocycles. The third-order valence-electron chi connectivity index (χ3n) is 3.85. The molecule has 0 saturated heterocycles. The summed E-state index contributed by atoms with van der Waals surface area (Å²) in [6.45, 7) is 12.6. The lowest BCUT2D eigenvalue weighted by Gasteiger charge is -2.28. The number of amides is 1. The van der Waals surface area contributed by atoms with Crippen LogP contribution in [0.5, 0.6) is 0 Å². The van der Waals surface area contributed by atoms with Crippen molar-refractivity contribution in [3.8, 4) is 0 Å². The zero-order chi connectivity index (χ0) is 22.0. The number of nitrogens with one attached hydrogen (secondary N) is 1. The number of benzene rings is 1. The van der Waals surface area contributed by atoms with Gasteiger partial charge in [-0.15, -0.1) is 0 Å². The number of rotatable bonds is 9. The lowest BCUT2D eigenvalue weighted by molar-refractivity contribution is -0.159. The maximum atomic E-state index is 12.6. The van der Waals surface area contributed by atoms with Gasteiger partial charge in [0.1, 0.15) is 18.2 Å². The van der Waals surface area contributed by atoms with Gasteiger partial charge in [0.25, 0.3) is 0 Å². The minimum atomic E-state index is -1.01. The Morgan fingerprint density at radius 1 is 1.10 bits per heavy atom. The molecule has 160 valence electrons. The molecule has 7 nitrogen and oxygen atoms in total. The first-order valence-electron chi connectivity index (χ1n) is 9.58. The fourth-order valence-electron chi connectivity index (χ4n) is 2.51. The molecule has 0 unspecified atom stereocenters. The summed E-state index contributed by atoms with van der Waals surface area (Å²) in [5.74, 6) is -1.61.